The van der Waals surface area contributed by atoms with Crippen LogP contribution in [0.3, 0.4) is 0 Å². The van der Waals surface area contributed by atoms with Gasteiger partial charge in [0.25, 0.3) is 0 Å². The summed E-state index contributed by atoms with van der Waals surface area (Å²) in [6.07, 6.45) is 8.34. The Morgan fingerprint density at radius 1 is 0.800 bits per heavy atom. The Morgan fingerprint density at radius 3 is 1.73 bits per heavy atom. The van der Waals surface area contributed by atoms with E-state index in [9.17, 15) is 0 Å². The minimum Gasteiger partial charge on any atom is -1.00 e. The first-order valence-electron chi connectivity index (χ1n) is 10.2. The van der Waals surface area contributed by atoms with E-state index < -0.39 is 25.6 Å². The van der Waals surface area contributed by atoms with E-state index in [4.69, 9.17) is 0 Å². The van der Waals surface area contributed by atoms with Gasteiger partial charge in [-0.1, -0.05) is 0 Å². The minimum atomic E-state index is -2.35. The molecular weight excluding hydrogens is 590 g/mol. The number of benzene rings is 2. The van der Waals surface area contributed by atoms with Crippen molar-refractivity contribution in [3.8, 4) is 0 Å². The molecule has 2 aromatic rings. The zero-order valence-corrected chi connectivity index (χ0v) is 24.2. The van der Waals surface area contributed by atoms with Crippen LogP contribution in [0.4, 0.5) is 0 Å². The number of rotatable bonds is 4. The molecule has 0 nitrogen and oxygen atoms in total. The molecule has 0 radical (unpaired) electrons. The van der Waals surface area contributed by atoms with Crippen LogP contribution in [0.25, 0.3) is 0 Å². The summed E-state index contributed by atoms with van der Waals surface area (Å²) in [5, 5.41) is 3.20. The second-order valence-corrected chi connectivity index (χ2v) is 26.2. The van der Waals surface area contributed by atoms with Gasteiger partial charge in [0.2, 0.25) is 0 Å². The van der Waals surface area contributed by atoms with Gasteiger partial charge in [-0.25, -0.2) is 0 Å². The summed E-state index contributed by atoms with van der Waals surface area (Å²) in [5.41, 5.74) is 3.98. The van der Waals surface area contributed by atoms with Crippen molar-refractivity contribution in [1.82, 2.24) is 0 Å². The SMILES string of the molecule is CC1=C(C)C(C)[C]([Hf+2]([C]2=CC=CC2)=[Si](c2ccccc2)c2ccccc2)=C1C.[Cl-].[Cl-]. The molecule has 0 saturated heterocycles. The van der Waals surface area contributed by atoms with Gasteiger partial charge in [0, 0.05) is 0 Å². The van der Waals surface area contributed by atoms with E-state index >= 15 is 0 Å². The number of allylic oxidation sites excluding steroid dienone is 8. The molecule has 4 rings (SSSR count). The quantitative estimate of drug-likeness (QED) is 0.407. The van der Waals surface area contributed by atoms with Gasteiger partial charge in [-0.2, -0.15) is 0 Å². The molecule has 0 heterocycles. The average molecular weight is 618 g/mol. The van der Waals surface area contributed by atoms with Gasteiger partial charge in [-0.05, 0) is 0 Å². The molecule has 0 saturated carbocycles. The maximum atomic E-state index is 2.48. The predicted molar refractivity (Wildman–Crippen MR) is 120 cm³/mol. The van der Waals surface area contributed by atoms with E-state index in [2.05, 4.69) is 107 Å². The molecule has 0 N–H and O–H groups in total. The molecule has 154 valence electrons. The van der Waals surface area contributed by atoms with Crippen molar-refractivity contribution in [2.45, 2.75) is 34.1 Å². The van der Waals surface area contributed by atoms with Crippen LogP contribution in [0.15, 0.2) is 102 Å². The topological polar surface area (TPSA) is 0 Å². The zero-order valence-electron chi connectivity index (χ0n) is 18.0. The Bertz CT molecular complexity index is 1020. The van der Waals surface area contributed by atoms with Crippen molar-refractivity contribution in [2.24, 2.45) is 5.92 Å². The summed E-state index contributed by atoms with van der Waals surface area (Å²) in [6.45, 7) is 9.57. The zero-order chi connectivity index (χ0) is 19.7. The van der Waals surface area contributed by atoms with E-state index in [1.54, 1.807) is 30.4 Å². The van der Waals surface area contributed by atoms with Crippen LogP contribution < -0.4 is 35.2 Å². The first-order chi connectivity index (χ1) is 13.6. The van der Waals surface area contributed by atoms with Crippen LogP contribution >= 0.6 is 0 Å². The molecule has 2 aliphatic rings. The molecule has 1 atom stereocenters. The Kier molecular flexibility index (Phi) is 9.36. The molecule has 0 aliphatic heterocycles. The maximum Gasteiger partial charge on any atom is -1.00 e. The third-order valence-electron chi connectivity index (χ3n) is 6.38. The Labute approximate surface area is 201 Å². The molecule has 0 spiro atoms. The van der Waals surface area contributed by atoms with Crippen molar-refractivity contribution in [3.05, 3.63) is 102 Å². The third kappa shape index (κ3) is 4.77. The summed E-state index contributed by atoms with van der Waals surface area (Å²) in [4.78, 5) is 0. The maximum absolute atomic E-state index is 2.48. The molecule has 0 aromatic heterocycles. The van der Waals surface area contributed by atoms with Crippen LogP contribution in [0.1, 0.15) is 34.1 Å². The Balaban J connectivity index is 0.00000160. The number of hydrogen-bond acceptors (Lipinski definition) is 0. The average Bonchev–Trinajstić information content (AvgIpc) is 3.33. The largest absolute Gasteiger partial charge is 1.00 e. The third-order valence-corrected chi connectivity index (χ3v) is 33.6. The molecule has 30 heavy (non-hydrogen) atoms. The van der Waals surface area contributed by atoms with Crippen molar-refractivity contribution in [2.75, 3.05) is 0 Å². The van der Waals surface area contributed by atoms with E-state index in [-0.39, 0.29) is 24.8 Å². The van der Waals surface area contributed by atoms with E-state index in [1.165, 1.54) is 6.42 Å². The molecule has 0 bridgehead atoms. The molecule has 0 amide bonds. The fourth-order valence-corrected chi connectivity index (χ4v) is 35.8. The van der Waals surface area contributed by atoms with Gasteiger partial charge >= 0.3 is 178 Å². The molecule has 2 aromatic carbocycles. The fraction of sp³-hybridized carbons (Fsp3) is 0.231. The summed E-state index contributed by atoms with van der Waals surface area (Å²) in [6, 6.07) is 22.9. The van der Waals surface area contributed by atoms with E-state index in [0.717, 1.165) is 0 Å². The first kappa shape index (κ1) is 25.3. The van der Waals surface area contributed by atoms with Gasteiger partial charge in [-0.3, -0.25) is 0 Å². The van der Waals surface area contributed by atoms with Crippen LogP contribution in [0, 0.1) is 5.92 Å². The standard InChI is InChI=1S/C12H10Si.C9H13.C5H5.2ClH.Hf/c1-3-7-11(8-4-1)13-12-9-5-2-6-10-12;1-6-5-7(2)9(4)8(6)3;1-2-4-5-3-1;;;/h1-10H;6H,1-4H3;1-3H,4H2;2*1H;/q;;;;;+2/p-2. The molecule has 1 unspecified atom stereocenters. The summed E-state index contributed by atoms with van der Waals surface area (Å²) in [5.74, 6) is 0.621. The summed E-state index contributed by atoms with van der Waals surface area (Å²) in [7, 11) is 0. The monoisotopic (exact) mass is 618 g/mol. The Morgan fingerprint density at radius 2 is 1.33 bits per heavy atom. The van der Waals surface area contributed by atoms with Gasteiger partial charge < -0.3 is 24.8 Å². The second-order valence-electron chi connectivity index (χ2n) is 7.87. The van der Waals surface area contributed by atoms with Crippen LogP contribution in [0.5, 0.6) is 0 Å². The van der Waals surface area contributed by atoms with Crippen molar-refractivity contribution < 1.29 is 44.9 Å². The molecular formula is C26H28Cl2HfSi. The normalized spacial score (nSPS) is 17.2. The first-order valence-corrected chi connectivity index (χ1v) is 20.7. The predicted octanol–water partition coefficient (Wildman–Crippen LogP) is -0.478. The van der Waals surface area contributed by atoms with Gasteiger partial charge in [0.05, 0.1) is 0 Å². The number of hydrogen-bond donors (Lipinski definition) is 0. The molecule has 4 heteroatoms. The Hall–Kier alpha value is -0.933. The molecule has 0 fully saturated rings. The van der Waals surface area contributed by atoms with Crippen molar-refractivity contribution in [3.63, 3.8) is 0 Å². The van der Waals surface area contributed by atoms with Crippen LogP contribution in [-0.4, -0.2) is 5.49 Å². The van der Waals surface area contributed by atoms with Crippen LogP contribution in [-0.2, 0) is 20.1 Å². The summed E-state index contributed by atoms with van der Waals surface area (Å²) >= 11 is -2.35. The van der Waals surface area contributed by atoms with Gasteiger partial charge in [0.15, 0.2) is 0 Å². The van der Waals surface area contributed by atoms with Crippen molar-refractivity contribution >= 4 is 15.9 Å². The summed E-state index contributed by atoms with van der Waals surface area (Å²) < 4.78 is 3.67. The number of halogens is 2. The van der Waals surface area contributed by atoms with Crippen molar-refractivity contribution in [1.29, 1.82) is 0 Å². The minimum absolute atomic E-state index is 0. The van der Waals surface area contributed by atoms with Gasteiger partial charge in [0.1, 0.15) is 0 Å². The van der Waals surface area contributed by atoms with E-state index in [0.29, 0.717) is 5.92 Å². The van der Waals surface area contributed by atoms with Crippen LogP contribution in [0.2, 0.25) is 0 Å². The van der Waals surface area contributed by atoms with E-state index in [1.807, 2.05) is 3.33 Å². The fourth-order valence-electron chi connectivity index (χ4n) is 4.53. The smallest absolute Gasteiger partial charge is 1.00 e. The van der Waals surface area contributed by atoms with Gasteiger partial charge in [-0.15, -0.1) is 0 Å². The second kappa shape index (κ2) is 11.1. The molecule has 2 aliphatic carbocycles.